The fraction of sp³-hybridized carbons (Fsp3) is 0.839. The Balaban J connectivity index is 1.48. The van der Waals surface area contributed by atoms with Crippen LogP contribution in [0.25, 0.3) is 0 Å². The summed E-state index contributed by atoms with van der Waals surface area (Å²) in [7, 11) is -1.98. The molecule has 3 unspecified atom stereocenters. The summed E-state index contributed by atoms with van der Waals surface area (Å²) < 4.78 is 56.6. The quantitative estimate of drug-likeness (QED) is 0.112. The van der Waals surface area contributed by atoms with E-state index in [0.29, 0.717) is 32.3 Å². The van der Waals surface area contributed by atoms with Crippen LogP contribution in [0, 0.1) is 11.8 Å². The van der Waals surface area contributed by atoms with E-state index in [0.717, 1.165) is 70.8 Å². The van der Waals surface area contributed by atoms with Gasteiger partial charge >= 0.3 is 5.97 Å². The molecular formula is C31H50O8S. The Hall–Kier alpha value is -1.26. The molecule has 4 rings (SSSR count). The van der Waals surface area contributed by atoms with Gasteiger partial charge in [-0.25, -0.2) is 13.2 Å². The zero-order valence-electron chi connectivity index (χ0n) is 24.4. The maximum Gasteiger partial charge on any atom is 0.330 e. The molecule has 8 nitrogen and oxygen atoms in total. The summed E-state index contributed by atoms with van der Waals surface area (Å²) in [5.74, 6) is -0.423. The minimum atomic E-state index is -3.31. The highest BCUT2D eigenvalue weighted by atomic mass is 32.2. The highest BCUT2D eigenvalue weighted by molar-refractivity contribution is 7.93. The van der Waals surface area contributed by atoms with Crippen LogP contribution in [0.5, 0.6) is 0 Å². The molecule has 9 heteroatoms. The van der Waals surface area contributed by atoms with E-state index in [4.69, 9.17) is 18.9 Å². The molecule has 1 aliphatic carbocycles. The molecule has 8 atom stereocenters. The smallest absolute Gasteiger partial charge is 0.330 e. The average molecular weight is 583 g/mol. The van der Waals surface area contributed by atoms with Gasteiger partial charge in [0.05, 0.1) is 29.8 Å². The number of carbonyl (C=O) groups is 1. The second kappa shape index (κ2) is 15.8. The number of allylic oxidation sites excluding steroid dienone is 1. The molecule has 0 aromatic rings. The van der Waals surface area contributed by atoms with Crippen LogP contribution in [-0.4, -0.2) is 70.0 Å². The zero-order chi connectivity index (χ0) is 28.4. The Labute approximate surface area is 241 Å². The highest BCUT2D eigenvalue weighted by Gasteiger charge is 2.56. The van der Waals surface area contributed by atoms with E-state index in [2.05, 4.69) is 23.8 Å². The van der Waals surface area contributed by atoms with Crippen LogP contribution >= 0.6 is 0 Å². The van der Waals surface area contributed by atoms with Crippen molar-refractivity contribution in [3.8, 4) is 0 Å². The number of methoxy groups -OCH3 is 1. The summed E-state index contributed by atoms with van der Waals surface area (Å²) >= 11 is 0. The first-order chi connectivity index (χ1) is 19.4. The van der Waals surface area contributed by atoms with Crippen molar-refractivity contribution in [1.29, 1.82) is 0 Å². The zero-order valence-corrected chi connectivity index (χ0v) is 25.2. The van der Waals surface area contributed by atoms with E-state index in [-0.39, 0.29) is 36.6 Å². The van der Waals surface area contributed by atoms with Gasteiger partial charge in [-0.15, -0.1) is 0 Å². The van der Waals surface area contributed by atoms with Crippen molar-refractivity contribution in [1.82, 2.24) is 0 Å². The van der Waals surface area contributed by atoms with Gasteiger partial charge < -0.3 is 23.7 Å². The monoisotopic (exact) mass is 582 g/mol. The minimum absolute atomic E-state index is 0.00616. The summed E-state index contributed by atoms with van der Waals surface area (Å²) in [6.45, 7) is 3.64. The molecule has 0 radical (unpaired) electrons. The molecule has 0 amide bonds. The first-order valence-electron chi connectivity index (χ1n) is 15.6. The first-order valence-corrected chi connectivity index (χ1v) is 17.2. The third-order valence-corrected chi connectivity index (χ3v) is 11.7. The molecule has 4 aliphatic rings. The Bertz CT molecular complexity index is 935. The van der Waals surface area contributed by atoms with Crippen molar-refractivity contribution in [2.75, 3.05) is 20.3 Å². The van der Waals surface area contributed by atoms with E-state index in [1.54, 1.807) is 6.08 Å². The number of fused-ring (bicyclic) bond motifs is 1. The van der Waals surface area contributed by atoms with Crippen molar-refractivity contribution >= 4 is 15.8 Å². The largest absolute Gasteiger partial charge is 0.466 e. The molecule has 3 aliphatic heterocycles. The fourth-order valence-corrected chi connectivity index (χ4v) is 9.45. The van der Waals surface area contributed by atoms with Crippen molar-refractivity contribution in [2.45, 2.75) is 132 Å². The molecule has 40 heavy (non-hydrogen) atoms. The molecule has 4 fully saturated rings. The third-order valence-electron chi connectivity index (χ3n) is 8.97. The molecule has 1 saturated carbocycles. The number of rotatable bonds is 14. The Kier molecular flexibility index (Phi) is 12.5. The Morgan fingerprint density at radius 1 is 1.02 bits per heavy atom. The van der Waals surface area contributed by atoms with E-state index >= 15 is 0 Å². The van der Waals surface area contributed by atoms with Crippen molar-refractivity contribution in [3.05, 3.63) is 24.3 Å². The second-order valence-corrected chi connectivity index (χ2v) is 14.2. The fourth-order valence-electron chi connectivity index (χ4n) is 6.77. The van der Waals surface area contributed by atoms with Gasteiger partial charge in [-0.05, 0) is 76.5 Å². The molecule has 0 N–H and O–H groups in total. The summed E-state index contributed by atoms with van der Waals surface area (Å²) in [4.78, 5) is 11.4. The molecule has 3 saturated heterocycles. The summed E-state index contributed by atoms with van der Waals surface area (Å²) in [5.41, 5.74) is 0. The van der Waals surface area contributed by atoms with E-state index < -0.39 is 26.3 Å². The molecule has 0 aromatic heterocycles. The van der Waals surface area contributed by atoms with Crippen molar-refractivity contribution in [2.24, 2.45) is 11.8 Å². The van der Waals surface area contributed by atoms with Crippen LogP contribution < -0.4 is 0 Å². The van der Waals surface area contributed by atoms with Crippen LogP contribution in [-0.2, 0) is 38.3 Å². The Morgan fingerprint density at radius 3 is 2.45 bits per heavy atom. The summed E-state index contributed by atoms with van der Waals surface area (Å²) in [6.07, 6.45) is 19.3. The summed E-state index contributed by atoms with van der Waals surface area (Å²) in [6, 6.07) is 0. The Morgan fingerprint density at radius 2 is 1.77 bits per heavy atom. The van der Waals surface area contributed by atoms with Gasteiger partial charge in [0.2, 0.25) is 0 Å². The third kappa shape index (κ3) is 8.63. The number of unbranched alkanes of at least 4 members (excludes halogenated alkanes) is 2. The van der Waals surface area contributed by atoms with E-state index in [1.807, 2.05) is 0 Å². The molecule has 0 spiro atoms. The van der Waals surface area contributed by atoms with Crippen LogP contribution in [0.2, 0.25) is 0 Å². The van der Waals surface area contributed by atoms with Gasteiger partial charge in [-0.2, -0.15) is 0 Å². The van der Waals surface area contributed by atoms with Crippen molar-refractivity contribution in [3.63, 3.8) is 0 Å². The molecule has 0 aromatic carbocycles. The molecule has 228 valence electrons. The molecular weight excluding hydrogens is 532 g/mol. The average Bonchev–Trinajstić information content (AvgIpc) is 3.43. The van der Waals surface area contributed by atoms with Gasteiger partial charge in [-0.1, -0.05) is 44.4 Å². The second-order valence-electron chi connectivity index (χ2n) is 11.8. The highest BCUT2D eigenvalue weighted by Crippen LogP contribution is 2.50. The van der Waals surface area contributed by atoms with Gasteiger partial charge in [0.15, 0.2) is 22.4 Å². The lowest BCUT2D eigenvalue weighted by Gasteiger charge is -2.30. The van der Waals surface area contributed by atoms with E-state index in [1.165, 1.54) is 13.2 Å². The predicted octanol–water partition coefficient (Wildman–Crippen LogP) is 5.65. The number of hydrogen-bond donors (Lipinski definition) is 0. The van der Waals surface area contributed by atoms with Gasteiger partial charge in [0.25, 0.3) is 0 Å². The molecule has 0 bridgehead atoms. The van der Waals surface area contributed by atoms with E-state index in [9.17, 15) is 13.2 Å². The lowest BCUT2D eigenvalue weighted by atomic mass is 9.89. The number of sulfone groups is 1. The number of ether oxygens (including phenoxy) is 5. The maximum absolute atomic E-state index is 13.6. The van der Waals surface area contributed by atoms with Crippen molar-refractivity contribution < 1.29 is 36.9 Å². The number of esters is 1. The number of hydrogen-bond acceptors (Lipinski definition) is 8. The van der Waals surface area contributed by atoms with Crippen LogP contribution in [0.4, 0.5) is 0 Å². The minimum Gasteiger partial charge on any atom is -0.466 e. The lowest BCUT2D eigenvalue weighted by molar-refractivity contribution is -0.192. The maximum atomic E-state index is 13.6. The lowest BCUT2D eigenvalue weighted by Crippen LogP contribution is -2.32. The van der Waals surface area contributed by atoms with Crippen LogP contribution in [0.3, 0.4) is 0 Å². The van der Waals surface area contributed by atoms with Gasteiger partial charge in [0, 0.05) is 25.2 Å². The standard InChI is InChI=1S/C31H50O8S/c1-3-4-5-12-23(38-30-15-8-10-19-36-30)17-18-25-26-21-24(13-6-7-14-29(32)35-2)40(33,34)28(26)22-27(25)39-31-16-9-11-20-37-31/h7,14,17-18,23-28,30-31H,3-6,8-13,15-16,19-22H2,1-2H3/b14-7+,18-17+/t23-,24?,25+,26+,27+,28+,30?,31?/m0/s1. The normalized spacial score (nSPS) is 34.8. The van der Waals surface area contributed by atoms with Gasteiger partial charge in [-0.3, -0.25) is 0 Å². The number of carbonyl (C=O) groups excluding carboxylic acids is 1. The molecule has 3 heterocycles. The summed E-state index contributed by atoms with van der Waals surface area (Å²) in [5, 5.41) is -0.814. The topological polar surface area (TPSA) is 97.4 Å². The van der Waals surface area contributed by atoms with Crippen LogP contribution in [0.1, 0.15) is 96.8 Å². The van der Waals surface area contributed by atoms with Crippen LogP contribution in [0.15, 0.2) is 24.3 Å². The predicted molar refractivity (Wildman–Crippen MR) is 153 cm³/mol. The van der Waals surface area contributed by atoms with Gasteiger partial charge in [0.1, 0.15) is 0 Å². The SMILES string of the molecule is CCCCC[C@@H](/C=C/[C@@H]1[C@H]2CC(CC/C=C/C(=O)OC)S(=O)(=O)[C@@H]2C[C@H]1OC1CCCCO1)OC1CCCCO1. The first kappa shape index (κ1) is 31.7.